The number of hydrogen-bond donors (Lipinski definition) is 2. The number of piperidine rings is 1. The zero-order chi connectivity index (χ0) is 14.0. The van der Waals surface area contributed by atoms with Gasteiger partial charge in [-0.05, 0) is 25.0 Å². The summed E-state index contributed by atoms with van der Waals surface area (Å²) in [5, 5.41) is 9.44. The predicted molar refractivity (Wildman–Crippen MR) is 71.4 cm³/mol. The maximum atomic E-state index is 12.5. The molecule has 1 aliphatic heterocycles. The molecular formula is C12H18N2O4S. The molecule has 0 amide bonds. The number of aliphatic hydroxyl groups is 1. The number of aliphatic hydroxyl groups excluding tert-OH is 1. The predicted octanol–water partition coefficient (Wildman–Crippen LogP) is 0.423. The van der Waals surface area contributed by atoms with Crippen LogP contribution in [0.3, 0.4) is 0 Å². The highest BCUT2D eigenvalue weighted by atomic mass is 32.2. The first-order chi connectivity index (χ1) is 8.95. The fraction of sp³-hybridized carbons (Fsp3) is 0.500. The first kappa shape index (κ1) is 14.1. The second kappa shape index (κ2) is 5.36. The first-order valence-electron chi connectivity index (χ1n) is 6.07. The maximum Gasteiger partial charge on any atom is 0.246 e. The lowest BCUT2D eigenvalue weighted by atomic mass is 10.1. The summed E-state index contributed by atoms with van der Waals surface area (Å²) in [4.78, 5) is 0.112. The van der Waals surface area contributed by atoms with Crippen LogP contribution in [0.25, 0.3) is 0 Å². The van der Waals surface area contributed by atoms with Crippen molar-refractivity contribution in [3.63, 3.8) is 0 Å². The summed E-state index contributed by atoms with van der Waals surface area (Å²) in [5.41, 5.74) is 6.07. The molecule has 1 heterocycles. The van der Waals surface area contributed by atoms with Gasteiger partial charge in [-0.25, -0.2) is 8.42 Å². The molecule has 2 rings (SSSR count). The summed E-state index contributed by atoms with van der Waals surface area (Å²) in [7, 11) is -2.19. The van der Waals surface area contributed by atoms with Gasteiger partial charge in [0, 0.05) is 24.8 Å². The number of nitrogens with zero attached hydrogens (tertiary/aromatic N) is 1. The number of ether oxygens (including phenoxy) is 1. The lowest BCUT2D eigenvalue weighted by Gasteiger charge is -2.29. The summed E-state index contributed by atoms with van der Waals surface area (Å²) in [6.07, 6.45) is 0.493. The van der Waals surface area contributed by atoms with E-state index in [4.69, 9.17) is 10.5 Å². The van der Waals surface area contributed by atoms with Gasteiger partial charge >= 0.3 is 0 Å². The van der Waals surface area contributed by atoms with E-state index in [1.165, 1.54) is 29.6 Å². The van der Waals surface area contributed by atoms with Crippen LogP contribution in [-0.4, -0.2) is 44.1 Å². The van der Waals surface area contributed by atoms with E-state index >= 15 is 0 Å². The van der Waals surface area contributed by atoms with Gasteiger partial charge in [0.15, 0.2) is 0 Å². The SMILES string of the molecule is COc1cc(N)ccc1S(=O)(=O)N1CCC(O)CC1. The topological polar surface area (TPSA) is 92.9 Å². The number of nitrogen functional groups attached to an aromatic ring is 1. The normalized spacial score (nSPS) is 18.4. The van der Waals surface area contributed by atoms with Crippen molar-refractivity contribution >= 4 is 15.7 Å². The van der Waals surface area contributed by atoms with Crippen LogP contribution in [0.2, 0.25) is 0 Å². The highest BCUT2D eigenvalue weighted by Gasteiger charge is 2.30. The average Bonchev–Trinajstić information content (AvgIpc) is 2.38. The van der Waals surface area contributed by atoms with Gasteiger partial charge in [-0.3, -0.25) is 0 Å². The summed E-state index contributed by atoms with van der Waals surface area (Å²) in [6, 6.07) is 4.48. The number of hydrogen-bond acceptors (Lipinski definition) is 5. The molecule has 19 heavy (non-hydrogen) atoms. The van der Waals surface area contributed by atoms with Crippen LogP contribution in [0.5, 0.6) is 5.75 Å². The second-order valence-electron chi connectivity index (χ2n) is 4.55. The Labute approximate surface area is 112 Å². The van der Waals surface area contributed by atoms with Gasteiger partial charge in [0.2, 0.25) is 10.0 Å². The zero-order valence-electron chi connectivity index (χ0n) is 10.7. The minimum atomic E-state index is -3.60. The number of rotatable bonds is 3. The van der Waals surface area contributed by atoms with Crippen LogP contribution >= 0.6 is 0 Å². The highest BCUT2D eigenvalue weighted by molar-refractivity contribution is 7.89. The van der Waals surface area contributed by atoms with Crippen molar-refractivity contribution in [2.24, 2.45) is 0 Å². The van der Waals surface area contributed by atoms with Crippen molar-refractivity contribution in [3.8, 4) is 5.75 Å². The molecule has 1 saturated heterocycles. The van der Waals surface area contributed by atoms with Gasteiger partial charge in [0.1, 0.15) is 10.6 Å². The van der Waals surface area contributed by atoms with Gasteiger partial charge in [0.05, 0.1) is 13.2 Å². The van der Waals surface area contributed by atoms with Gasteiger partial charge in [0.25, 0.3) is 0 Å². The van der Waals surface area contributed by atoms with Crippen molar-refractivity contribution in [1.82, 2.24) is 4.31 Å². The van der Waals surface area contributed by atoms with Gasteiger partial charge in [-0.2, -0.15) is 4.31 Å². The second-order valence-corrected chi connectivity index (χ2v) is 6.45. The Bertz CT molecular complexity index is 551. The van der Waals surface area contributed by atoms with E-state index in [0.717, 1.165) is 0 Å². The molecule has 0 saturated carbocycles. The van der Waals surface area contributed by atoms with Gasteiger partial charge < -0.3 is 15.6 Å². The Balaban J connectivity index is 2.34. The number of nitrogens with two attached hydrogens (primary N) is 1. The number of anilines is 1. The molecule has 0 spiro atoms. The molecule has 0 atom stereocenters. The Kier molecular flexibility index (Phi) is 3.98. The molecule has 1 fully saturated rings. The smallest absolute Gasteiger partial charge is 0.246 e. The molecular weight excluding hydrogens is 268 g/mol. The van der Waals surface area contributed by atoms with E-state index in [9.17, 15) is 13.5 Å². The molecule has 0 unspecified atom stereocenters. The molecule has 106 valence electrons. The number of methoxy groups -OCH3 is 1. The molecule has 1 aromatic rings. The Morgan fingerprint density at radius 1 is 1.37 bits per heavy atom. The highest BCUT2D eigenvalue weighted by Crippen LogP contribution is 2.30. The molecule has 7 heteroatoms. The van der Waals surface area contributed by atoms with Gasteiger partial charge in [-0.15, -0.1) is 0 Å². The largest absolute Gasteiger partial charge is 0.495 e. The third kappa shape index (κ3) is 2.83. The summed E-state index contributed by atoms with van der Waals surface area (Å²) >= 11 is 0. The Hall–Kier alpha value is -1.31. The van der Waals surface area contributed by atoms with E-state index in [1.54, 1.807) is 0 Å². The van der Waals surface area contributed by atoms with Crippen LogP contribution in [0.1, 0.15) is 12.8 Å². The molecule has 0 aliphatic carbocycles. The average molecular weight is 286 g/mol. The van der Waals surface area contributed by atoms with E-state index in [2.05, 4.69) is 0 Å². The molecule has 0 radical (unpaired) electrons. The summed E-state index contributed by atoms with van der Waals surface area (Å²) in [6.45, 7) is 0.633. The minimum absolute atomic E-state index is 0.112. The molecule has 6 nitrogen and oxygen atoms in total. The molecule has 1 aliphatic rings. The first-order valence-corrected chi connectivity index (χ1v) is 7.51. The molecule has 3 N–H and O–H groups in total. The fourth-order valence-corrected chi connectivity index (χ4v) is 3.73. The zero-order valence-corrected chi connectivity index (χ0v) is 11.6. The molecule has 1 aromatic carbocycles. The van der Waals surface area contributed by atoms with E-state index in [1.807, 2.05) is 0 Å². The Morgan fingerprint density at radius 3 is 2.58 bits per heavy atom. The van der Waals surface area contributed by atoms with E-state index in [0.29, 0.717) is 31.6 Å². The molecule has 0 aromatic heterocycles. The van der Waals surface area contributed by atoms with Crippen molar-refractivity contribution in [2.45, 2.75) is 23.8 Å². The van der Waals surface area contributed by atoms with Crippen LogP contribution in [0, 0.1) is 0 Å². The standard InChI is InChI=1S/C12H18N2O4S/c1-18-11-8-9(13)2-3-12(11)19(16,17)14-6-4-10(15)5-7-14/h2-3,8,10,15H,4-7,13H2,1H3. The third-order valence-electron chi connectivity index (χ3n) is 3.23. The van der Waals surface area contributed by atoms with Crippen LogP contribution in [0.15, 0.2) is 23.1 Å². The van der Waals surface area contributed by atoms with E-state index < -0.39 is 16.1 Å². The van der Waals surface area contributed by atoms with Crippen molar-refractivity contribution in [3.05, 3.63) is 18.2 Å². The Morgan fingerprint density at radius 2 is 2.00 bits per heavy atom. The van der Waals surface area contributed by atoms with Crippen molar-refractivity contribution in [1.29, 1.82) is 0 Å². The van der Waals surface area contributed by atoms with Crippen LogP contribution in [-0.2, 0) is 10.0 Å². The lowest BCUT2D eigenvalue weighted by Crippen LogP contribution is -2.40. The fourth-order valence-electron chi connectivity index (χ4n) is 2.12. The van der Waals surface area contributed by atoms with Gasteiger partial charge in [-0.1, -0.05) is 0 Å². The number of benzene rings is 1. The number of sulfonamides is 1. The van der Waals surface area contributed by atoms with Crippen LogP contribution in [0.4, 0.5) is 5.69 Å². The maximum absolute atomic E-state index is 12.5. The summed E-state index contributed by atoms with van der Waals surface area (Å²) < 4.78 is 31.5. The van der Waals surface area contributed by atoms with Crippen molar-refractivity contribution < 1.29 is 18.3 Å². The third-order valence-corrected chi connectivity index (χ3v) is 5.17. The summed E-state index contributed by atoms with van der Waals surface area (Å²) in [5.74, 6) is 0.242. The quantitative estimate of drug-likeness (QED) is 0.786. The van der Waals surface area contributed by atoms with E-state index in [-0.39, 0.29) is 10.6 Å². The van der Waals surface area contributed by atoms with Crippen molar-refractivity contribution in [2.75, 3.05) is 25.9 Å². The molecule has 0 bridgehead atoms. The monoisotopic (exact) mass is 286 g/mol. The minimum Gasteiger partial charge on any atom is -0.495 e. The lowest BCUT2D eigenvalue weighted by molar-refractivity contribution is 0.113. The van der Waals surface area contributed by atoms with Crippen LogP contribution < -0.4 is 10.5 Å².